The molecule has 0 aromatic rings. The van der Waals surface area contributed by atoms with Crippen molar-refractivity contribution in [2.45, 2.75) is 45.7 Å². The van der Waals surface area contributed by atoms with Gasteiger partial charge in [0.2, 0.25) is 5.91 Å². The van der Waals surface area contributed by atoms with Crippen LogP contribution in [-0.2, 0) is 4.79 Å². The fourth-order valence-corrected chi connectivity index (χ4v) is 1.80. The molecule has 1 aliphatic carbocycles. The van der Waals surface area contributed by atoms with Crippen molar-refractivity contribution in [3.63, 3.8) is 0 Å². The van der Waals surface area contributed by atoms with Crippen LogP contribution in [0, 0.1) is 5.92 Å². The quantitative estimate of drug-likeness (QED) is 0.681. The highest BCUT2D eigenvalue weighted by atomic mass is 16.1. The molecule has 0 atom stereocenters. The smallest absolute Gasteiger partial charge is 0.216 e. The molecule has 0 aliphatic heterocycles. The fourth-order valence-electron chi connectivity index (χ4n) is 1.80. The van der Waals surface area contributed by atoms with Crippen molar-refractivity contribution >= 4 is 5.91 Å². The van der Waals surface area contributed by atoms with Gasteiger partial charge in [-0.1, -0.05) is 13.8 Å². The van der Waals surface area contributed by atoms with E-state index in [1.54, 1.807) is 6.92 Å². The van der Waals surface area contributed by atoms with Gasteiger partial charge in [0, 0.05) is 25.6 Å². The normalized spacial score (nSPS) is 27.1. The number of hydrogen-bond acceptors (Lipinski definition) is 2. The summed E-state index contributed by atoms with van der Waals surface area (Å²) < 4.78 is 0. The minimum absolute atomic E-state index is 0.0836. The van der Waals surface area contributed by atoms with E-state index in [2.05, 4.69) is 24.5 Å². The molecule has 1 saturated carbocycles. The Balaban J connectivity index is 2.02. The molecule has 3 nitrogen and oxygen atoms in total. The van der Waals surface area contributed by atoms with Crippen molar-refractivity contribution < 1.29 is 4.79 Å². The summed E-state index contributed by atoms with van der Waals surface area (Å²) in [4.78, 5) is 10.6. The minimum Gasteiger partial charge on any atom is -0.356 e. The summed E-state index contributed by atoms with van der Waals surface area (Å²) in [7, 11) is 0. The lowest BCUT2D eigenvalue weighted by molar-refractivity contribution is -0.119. The molecule has 3 heteroatoms. The maximum atomic E-state index is 10.6. The van der Waals surface area contributed by atoms with Crippen molar-refractivity contribution in [1.29, 1.82) is 0 Å². The number of nitrogens with one attached hydrogen (secondary N) is 2. The van der Waals surface area contributed by atoms with Gasteiger partial charge in [-0.25, -0.2) is 0 Å². The van der Waals surface area contributed by atoms with Gasteiger partial charge in [0.1, 0.15) is 0 Å². The second-order valence-electron chi connectivity index (χ2n) is 4.29. The maximum absolute atomic E-state index is 10.6. The van der Waals surface area contributed by atoms with E-state index in [9.17, 15) is 4.79 Å². The van der Waals surface area contributed by atoms with Crippen molar-refractivity contribution in [3.05, 3.63) is 0 Å². The van der Waals surface area contributed by atoms with Gasteiger partial charge in [-0.15, -0.1) is 0 Å². The molecule has 0 bridgehead atoms. The maximum Gasteiger partial charge on any atom is 0.216 e. The standard InChI is InChI=1S/C10H20N2O/c1-7(2)12-10-4-9(5-10)6-11-8(3)13/h7,9-10,12H,4-6H2,1-3H3,(H,11,13)/t9-,10+. The Morgan fingerprint density at radius 3 is 2.54 bits per heavy atom. The molecular weight excluding hydrogens is 164 g/mol. The van der Waals surface area contributed by atoms with Crippen LogP contribution < -0.4 is 10.6 Å². The molecule has 0 heterocycles. The molecule has 0 spiro atoms. The predicted octanol–water partition coefficient (Wildman–Crippen LogP) is 0.899. The summed E-state index contributed by atoms with van der Waals surface area (Å²) in [5, 5.41) is 6.34. The van der Waals surface area contributed by atoms with E-state index < -0.39 is 0 Å². The van der Waals surface area contributed by atoms with E-state index in [0.717, 1.165) is 6.54 Å². The summed E-state index contributed by atoms with van der Waals surface area (Å²) in [6.45, 7) is 6.76. The van der Waals surface area contributed by atoms with Gasteiger partial charge in [-0.05, 0) is 18.8 Å². The van der Waals surface area contributed by atoms with Gasteiger partial charge in [0.15, 0.2) is 0 Å². The number of carbonyl (C=O) groups excluding carboxylic acids is 1. The van der Waals surface area contributed by atoms with Crippen LogP contribution in [0.3, 0.4) is 0 Å². The Labute approximate surface area is 80.3 Å². The van der Waals surface area contributed by atoms with Crippen LogP contribution in [0.1, 0.15) is 33.6 Å². The fraction of sp³-hybridized carbons (Fsp3) is 0.900. The van der Waals surface area contributed by atoms with Gasteiger partial charge >= 0.3 is 0 Å². The van der Waals surface area contributed by atoms with Gasteiger partial charge in [-0.2, -0.15) is 0 Å². The first-order valence-corrected chi connectivity index (χ1v) is 5.08. The van der Waals surface area contributed by atoms with Gasteiger partial charge in [-0.3, -0.25) is 4.79 Å². The average molecular weight is 184 g/mol. The second kappa shape index (κ2) is 4.61. The zero-order chi connectivity index (χ0) is 9.84. The highest BCUT2D eigenvalue weighted by Gasteiger charge is 2.28. The molecule has 1 rings (SSSR count). The molecule has 2 N–H and O–H groups in total. The molecule has 0 unspecified atom stereocenters. The van der Waals surface area contributed by atoms with E-state index in [1.807, 2.05) is 0 Å². The molecule has 13 heavy (non-hydrogen) atoms. The third kappa shape index (κ3) is 3.77. The summed E-state index contributed by atoms with van der Waals surface area (Å²) in [5.41, 5.74) is 0. The number of rotatable bonds is 4. The molecule has 0 aromatic heterocycles. The van der Waals surface area contributed by atoms with Crippen LogP contribution >= 0.6 is 0 Å². The Hall–Kier alpha value is -0.570. The van der Waals surface area contributed by atoms with Crippen LogP contribution in [-0.4, -0.2) is 24.5 Å². The highest BCUT2D eigenvalue weighted by molar-refractivity contribution is 5.72. The topological polar surface area (TPSA) is 41.1 Å². The third-order valence-electron chi connectivity index (χ3n) is 2.44. The largest absolute Gasteiger partial charge is 0.356 e. The first-order valence-electron chi connectivity index (χ1n) is 5.08. The number of hydrogen-bond donors (Lipinski definition) is 2. The van der Waals surface area contributed by atoms with E-state index >= 15 is 0 Å². The first kappa shape index (κ1) is 10.5. The van der Waals surface area contributed by atoms with Gasteiger partial charge < -0.3 is 10.6 Å². The Morgan fingerprint density at radius 1 is 1.46 bits per heavy atom. The summed E-state index contributed by atoms with van der Waals surface area (Å²) >= 11 is 0. The summed E-state index contributed by atoms with van der Waals surface area (Å²) in [5.74, 6) is 0.778. The molecule has 1 fully saturated rings. The van der Waals surface area contributed by atoms with E-state index in [-0.39, 0.29) is 5.91 Å². The Morgan fingerprint density at radius 2 is 2.08 bits per heavy atom. The van der Waals surface area contributed by atoms with Crippen LogP contribution in [0.2, 0.25) is 0 Å². The summed E-state index contributed by atoms with van der Waals surface area (Å²) in [6, 6.07) is 1.26. The molecule has 1 amide bonds. The lowest BCUT2D eigenvalue weighted by Crippen LogP contribution is -2.47. The van der Waals surface area contributed by atoms with E-state index in [0.29, 0.717) is 18.0 Å². The van der Waals surface area contributed by atoms with E-state index in [4.69, 9.17) is 0 Å². The summed E-state index contributed by atoms with van der Waals surface area (Å²) in [6.07, 6.45) is 2.41. The van der Waals surface area contributed by atoms with Gasteiger partial charge in [0.05, 0.1) is 0 Å². The van der Waals surface area contributed by atoms with Gasteiger partial charge in [0.25, 0.3) is 0 Å². The zero-order valence-corrected chi connectivity index (χ0v) is 8.76. The van der Waals surface area contributed by atoms with Crippen LogP contribution in [0.25, 0.3) is 0 Å². The van der Waals surface area contributed by atoms with Crippen LogP contribution in [0.4, 0.5) is 0 Å². The molecule has 0 radical (unpaired) electrons. The van der Waals surface area contributed by atoms with Crippen molar-refractivity contribution in [2.24, 2.45) is 5.92 Å². The molecule has 1 aliphatic rings. The molecule has 0 saturated heterocycles. The number of amides is 1. The minimum atomic E-state index is 0.0836. The second-order valence-corrected chi connectivity index (χ2v) is 4.29. The van der Waals surface area contributed by atoms with Crippen molar-refractivity contribution in [1.82, 2.24) is 10.6 Å². The van der Waals surface area contributed by atoms with Crippen LogP contribution in [0.15, 0.2) is 0 Å². The van der Waals surface area contributed by atoms with Crippen molar-refractivity contribution in [2.75, 3.05) is 6.54 Å². The number of carbonyl (C=O) groups is 1. The predicted molar refractivity (Wildman–Crippen MR) is 53.5 cm³/mol. The average Bonchev–Trinajstić information content (AvgIpc) is 1.92. The Bertz CT molecular complexity index is 174. The first-order chi connectivity index (χ1) is 6.08. The third-order valence-corrected chi connectivity index (χ3v) is 2.44. The zero-order valence-electron chi connectivity index (χ0n) is 8.76. The Kier molecular flexibility index (Phi) is 3.72. The lowest BCUT2D eigenvalue weighted by Gasteiger charge is -2.37. The van der Waals surface area contributed by atoms with Crippen LogP contribution in [0.5, 0.6) is 0 Å². The molecule has 0 aromatic carbocycles. The SMILES string of the molecule is CC(=O)NC[C@H]1C[C@@H](NC(C)C)C1. The lowest BCUT2D eigenvalue weighted by atomic mass is 9.80. The monoisotopic (exact) mass is 184 g/mol. The van der Waals surface area contributed by atoms with Crippen molar-refractivity contribution in [3.8, 4) is 0 Å². The highest BCUT2D eigenvalue weighted by Crippen LogP contribution is 2.26. The van der Waals surface area contributed by atoms with E-state index in [1.165, 1.54) is 12.8 Å². The molecular formula is C10H20N2O. The molecule has 76 valence electrons.